The summed E-state index contributed by atoms with van der Waals surface area (Å²) in [5, 5.41) is 3.27. The van der Waals surface area contributed by atoms with Crippen LogP contribution in [0.3, 0.4) is 0 Å². The number of rotatable bonds is 3. The van der Waals surface area contributed by atoms with Crippen LogP contribution in [-0.2, 0) is 11.6 Å². The number of hydrogen-bond acceptors (Lipinski definition) is 3. The Balaban J connectivity index is 2.05. The molecule has 1 aromatic rings. The molecule has 0 atom stereocenters. The second-order valence-corrected chi connectivity index (χ2v) is 5.94. The molecule has 0 amide bonds. The first-order valence-electron chi connectivity index (χ1n) is 6.87. The first-order valence-corrected chi connectivity index (χ1v) is 6.87. The minimum Gasteiger partial charge on any atom is -0.355 e. The quantitative estimate of drug-likeness (QED) is 0.929. The zero-order valence-corrected chi connectivity index (χ0v) is 12.5. The topological polar surface area (TPSA) is 27.6 Å². The van der Waals surface area contributed by atoms with E-state index in [1.807, 2.05) is 25.8 Å². The number of guanidine groups is 1. The number of nitrogens with zero attached hydrogens (tertiary/aromatic N) is 2. The number of likely N-dealkylation sites (N-methyl/N-ethyl adjacent to an activating group) is 1. The lowest BCUT2D eigenvalue weighted by Crippen LogP contribution is -2.42. The second-order valence-electron chi connectivity index (χ2n) is 5.94. The Kier molecular flexibility index (Phi) is 4.16. The molecule has 0 bridgehead atoms. The highest BCUT2D eigenvalue weighted by Crippen LogP contribution is 2.31. The predicted octanol–water partition coefficient (Wildman–Crippen LogP) is 2.87. The molecule has 0 unspecified atom stereocenters. The molecule has 3 nitrogen and oxygen atoms in total. The van der Waals surface area contributed by atoms with Crippen molar-refractivity contribution in [2.24, 2.45) is 4.99 Å². The van der Waals surface area contributed by atoms with Crippen molar-refractivity contribution in [1.29, 1.82) is 0 Å². The second kappa shape index (κ2) is 5.58. The molecule has 0 radical (unpaired) electrons. The number of nitrogens with one attached hydrogen (secondary N) is 1. The van der Waals surface area contributed by atoms with Crippen LogP contribution in [0.1, 0.15) is 25.0 Å². The van der Waals surface area contributed by atoms with Crippen LogP contribution in [-0.4, -0.2) is 37.5 Å². The van der Waals surface area contributed by atoms with Gasteiger partial charge in [0, 0.05) is 25.6 Å². The van der Waals surface area contributed by atoms with E-state index in [1.54, 1.807) is 12.1 Å². The SMILES string of the molecule is CN1CCN=C1NCC(C)(C)c1ccc(C(F)(F)F)cc1. The molecule has 0 aromatic heterocycles. The Hall–Kier alpha value is -1.72. The molecule has 6 heteroatoms. The molecule has 0 fully saturated rings. The predicted molar refractivity (Wildman–Crippen MR) is 77.4 cm³/mol. The summed E-state index contributed by atoms with van der Waals surface area (Å²) in [5.74, 6) is 0.843. The summed E-state index contributed by atoms with van der Waals surface area (Å²) in [6.45, 7) is 6.28. The minimum atomic E-state index is -4.29. The van der Waals surface area contributed by atoms with Crippen molar-refractivity contribution >= 4 is 5.96 Å². The number of alkyl halides is 3. The normalized spacial score (nSPS) is 16.1. The smallest absolute Gasteiger partial charge is 0.355 e. The maximum Gasteiger partial charge on any atom is 0.416 e. The highest BCUT2D eigenvalue weighted by atomic mass is 19.4. The van der Waals surface area contributed by atoms with Gasteiger partial charge in [0.25, 0.3) is 0 Å². The maximum atomic E-state index is 12.6. The van der Waals surface area contributed by atoms with Gasteiger partial charge in [0.2, 0.25) is 0 Å². The van der Waals surface area contributed by atoms with Gasteiger partial charge in [-0.25, -0.2) is 0 Å². The molecule has 2 rings (SSSR count). The molecule has 0 spiro atoms. The monoisotopic (exact) mass is 299 g/mol. The molecule has 1 heterocycles. The average Bonchev–Trinajstić information content (AvgIpc) is 2.81. The average molecular weight is 299 g/mol. The Morgan fingerprint density at radius 1 is 1.14 bits per heavy atom. The van der Waals surface area contributed by atoms with Gasteiger partial charge in [0.05, 0.1) is 12.1 Å². The van der Waals surface area contributed by atoms with E-state index in [-0.39, 0.29) is 5.41 Å². The largest absolute Gasteiger partial charge is 0.416 e. The van der Waals surface area contributed by atoms with Crippen molar-refractivity contribution in [2.45, 2.75) is 25.4 Å². The highest BCUT2D eigenvalue weighted by molar-refractivity contribution is 5.81. The van der Waals surface area contributed by atoms with E-state index in [0.29, 0.717) is 6.54 Å². The standard InChI is InChI=1S/C15H20F3N3/c1-14(2,10-20-13-19-8-9-21(13)3)11-4-6-12(7-5-11)15(16,17)18/h4-7H,8-10H2,1-3H3,(H,19,20). The summed E-state index contributed by atoms with van der Waals surface area (Å²) in [7, 11) is 1.96. The highest BCUT2D eigenvalue weighted by Gasteiger charge is 2.31. The van der Waals surface area contributed by atoms with Crippen molar-refractivity contribution in [3.8, 4) is 0 Å². The first-order chi connectivity index (χ1) is 9.70. The first kappa shape index (κ1) is 15.7. The molecule has 1 aliphatic heterocycles. The third-order valence-corrected chi connectivity index (χ3v) is 3.74. The van der Waals surface area contributed by atoms with Crippen LogP contribution >= 0.6 is 0 Å². The summed E-state index contributed by atoms with van der Waals surface area (Å²) >= 11 is 0. The van der Waals surface area contributed by atoms with Crippen LogP contribution in [0, 0.1) is 0 Å². The summed E-state index contributed by atoms with van der Waals surface area (Å²) in [6.07, 6.45) is -4.29. The molecule has 0 aliphatic carbocycles. The Labute approximate surface area is 122 Å². The van der Waals surface area contributed by atoms with Gasteiger partial charge in [0.1, 0.15) is 0 Å². The van der Waals surface area contributed by atoms with Crippen LogP contribution in [0.25, 0.3) is 0 Å². The molecular weight excluding hydrogens is 279 g/mol. The molecule has 1 aromatic carbocycles. The molecule has 0 saturated carbocycles. The Morgan fingerprint density at radius 3 is 2.19 bits per heavy atom. The van der Waals surface area contributed by atoms with E-state index in [0.717, 1.165) is 36.7 Å². The van der Waals surface area contributed by atoms with Crippen LogP contribution < -0.4 is 5.32 Å². The van der Waals surface area contributed by atoms with Gasteiger partial charge >= 0.3 is 6.18 Å². The van der Waals surface area contributed by atoms with Crippen LogP contribution in [0.2, 0.25) is 0 Å². The van der Waals surface area contributed by atoms with Crippen LogP contribution in [0.5, 0.6) is 0 Å². The Morgan fingerprint density at radius 2 is 1.71 bits per heavy atom. The molecular formula is C15H20F3N3. The van der Waals surface area contributed by atoms with Crippen molar-refractivity contribution < 1.29 is 13.2 Å². The Bertz CT molecular complexity index is 518. The number of halogens is 3. The summed E-state index contributed by atoms with van der Waals surface area (Å²) in [4.78, 5) is 6.37. The van der Waals surface area contributed by atoms with E-state index in [9.17, 15) is 13.2 Å². The minimum absolute atomic E-state index is 0.282. The van der Waals surface area contributed by atoms with Crippen LogP contribution in [0.15, 0.2) is 29.3 Å². The third kappa shape index (κ3) is 3.68. The van der Waals surface area contributed by atoms with E-state index >= 15 is 0 Å². The van der Waals surface area contributed by atoms with Crippen LogP contribution in [0.4, 0.5) is 13.2 Å². The fourth-order valence-electron chi connectivity index (χ4n) is 2.24. The van der Waals surface area contributed by atoms with Gasteiger partial charge < -0.3 is 10.2 Å². The lowest BCUT2D eigenvalue weighted by atomic mass is 9.84. The van der Waals surface area contributed by atoms with Gasteiger partial charge in [-0.2, -0.15) is 13.2 Å². The lowest BCUT2D eigenvalue weighted by molar-refractivity contribution is -0.137. The van der Waals surface area contributed by atoms with Gasteiger partial charge in [-0.15, -0.1) is 0 Å². The zero-order valence-electron chi connectivity index (χ0n) is 12.5. The van der Waals surface area contributed by atoms with E-state index in [4.69, 9.17) is 0 Å². The van der Waals surface area contributed by atoms with Gasteiger partial charge in [-0.3, -0.25) is 4.99 Å². The third-order valence-electron chi connectivity index (χ3n) is 3.74. The van der Waals surface area contributed by atoms with Crippen molar-refractivity contribution in [1.82, 2.24) is 10.2 Å². The molecule has 1 aliphatic rings. The summed E-state index contributed by atoms with van der Waals surface area (Å²) in [6, 6.07) is 5.36. The van der Waals surface area contributed by atoms with Gasteiger partial charge in [0.15, 0.2) is 5.96 Å². The molecule has 116 valence electrons. The van der Waals surface area contributed by atoms with Crippen molar-refractivity contribution in [2.75, 3.05) is 26.7 Å². The van der Waals surface area contributed by atoms with E-state index < -0.39 is 11.7 Å². The van der Waals surface area contributed by atoms with E-state index in [1.165, 1.54) is 0 Å². The number of hydrogen-bond donors (Lipinski definition) is 1. The number of benzene rings is 1. The number of aliphatic imine (C=N–C) groups is 1. The maximum absolute atomic E-state index is 12.6. The molecule has 0 saturated heterocycles. The lowest BCUT2D eigenvalue weighted by Gasteiger charge is -2.28. The van der Waals surface area contributed by atoms with Gasteiger partial charge in [-0.1, -0.05) is 26.0 Å². The van der Waals surface area contributed by atoms with Crippen molar-refractivity contribution in [3.63, 3.8) is 0 Å². The van der Waals surface area contributed by atoms with Gasteiger partial charge in [-0.05, 0) is 17.7 Å². The molecule has 21 heavy (non-hydrogen) atoms. The summed E-state index contributed by atoms with van der Waals surface area (Å²) < 4.78 is 37.7. The summed E-state index contributed by atoms with van der Waals surface area (Å²) in [5.41, 5.74) is -0.0324. The fraction of sp³-hybridized carbons (Fsp3) is 0.533. The fourth-order valence-corrected chi connectivity index (χ4v) is 2.24. The molecule has 1 N–H and O–H groups in total. The van der Waals surface area contributed by atoms with E-state index in [2.05, 4.69) is 10.3 Å². The van der Waals surface area contributed by atoms with Crippen molar-refractivity contribution in [3.05, 3.63) is 35.4 Å². The zero-order chi connectivity index (χ0) is 15.7.